The van der Waals surface area contributed by atoms with Crippen LogP contribution in [-0.2, 0) is 4.74 Å². The number of hydrogen-bond acceptors (Lipinski definition) is 3. The normalized spacial score (nSPS) is 33.0. The van der Waals surface area contributed by atoms with Crippen molar-refractivity contribution in [1.82, 2.24) is 10.2 Å². The molecule has 0 bridgehead atoms. The van der Waals surface area contributed by atoms with Gasteiger partial charge in [0.15, 0.2) is 0 Å². The molecule has 0 aromatic heterocycles. The SMILES string of the molecule is CNC1CC(CN(C)C2CCOCC2)C1. The lowest BCUT2D eigenvalue weighted by Gasteiger charge is -2.40. The zero-order valence-electron chi connectivity index (χ0n) is 10.0. The highest BCUT2D eigenvalue weighted by Gasteiger charge is 2.30. The first-order valence-electron chi connectivity index (χ1n) is 6.25. The van der Waals surface area contributed by atoms with E-state index in [-0.39, 0.29) is 0 Å². The molecule has 1 saturated heterocycles. The summed E-state index contributed by atoms with van der Waals surface area (Å²) in [5.41, 5.74) is 0. The summed E-state index contributed by atoms with van der Waals surface area (Å²) in [4.78, 5) is 2.55. The maximum Gasteiger partial charge on any atom is 0.0480 e. The summed E-state index contributed by atoms with van der Waals surface area (Å²) >= 11 is 0. The number of nitrogens with zero attached hydrogens (tertiary/aromatic N) is 1. The summed E-state index contributed by atoms with van der Waals surface area (Å²) in [6.07, 6.45) is 5.17. The third kappa shape index (κ3) is 2.92. The van der Waals surface area contributed by atoms with Gasteiger partial charge >= 0.3 is 0 Å². The fourth-order valence-electron chi connectivity index (χ4n) is 2.80. The highest BCUT2D eigenvalue weighted by atomic mass is 16.5. The van der Waals surface area contributed by atoms with Gasteiger partial charge in [0, 0.05) is 31.8 Å². The van der Waals surface area contributed by atoms with Crippen molar-refractivity contribution < 1.29 is 4.74 Å². The van der Waals surface area contributed by atoms with Crippen molar-refractivity contribution in [2.45, 2.75) is 37.8 Å². The predicted octanol–water partition coefficient (Wildman–Crippen LogP) is 1.10. The van der Waals surface area contributed by atoms with Crippen molar-refractivity contribution in [2.75, 3.05) is 33.9 Å². The molecule has 1 aliphatic carbocycles. The van der Waals surface area contributed by atoms with E-state index in [0.29, 0.717) is 0 Å². The number of hydrogen-bond donors (Lipinski definition) is 1. The van der Waals surface area contributed by atoms with Crippen LogP contribution in [0.25, 0.3) is 0 Å². The Labute approximate surface area is 93.2 Å². The summed E-state index contributed by atoms with van der Waals surface area (Å²) < 4.78 is 5.39. The summed E-state index contributed by atoms with van der Waals surface area (Å²) in [6.45, 7) is 3.19. The van der Waals surface area contributed by atoms with Crippen molar-refractivity contribution in [2.24, 2.45) is 5.92 Å². The van der Waals surface area contributed by atoms with E-state index in [1.807, 2.05) is 0 Å². The second kappa shape index (κ2) is 5.28. The van der Waals surface area contributed by atoms with Crippen molar-refractivity contribution in [3.8, 4) is 0 Å². The van der Waals surface area contributed by atoms with Gasteiger partial charge in [0.05, 0.1) is 0 Å². The molecule has 0 aromatic carbocycles. The van der Waals surface area contributed by atoms with Gasteiger partial charge in [-0.3, -0.25) is 0 Å². The van der Waals surface area contributed by atoms with E-state index in [1.165, 1.54) is 32.2 Å². The van der Waals surface area contributed by atoms with Crippen LogP contribution in [0, 0.1) is 5.92 Å². The van der Waals surface area contributed by atoms with E-state index < -0.39 is 0 Å². The molecule has 2 rings (SSSR count). The average molecular weight is 212 g/mol. The second-order valence-electron chi connectivity index (χ2n) is 5.11. The highest BCUT2D eigenvalue weighted by molar-refractivity contribution is 4.86. The zero-order chi connectivity index (χ0) is 10.7. The number of nitrogens with one attached hydrogen (secondary N) is 1. The first-order valence-corrected chi connectivity index (χ1v) is 6.25. The van der Waals surface area contributed by atoms with Crippen LogP contribution in [0.5, 0.6) is 0 Å². The maximum absolute atomic E-state index is 5.39. The van der Waals surface area contributed by atoms with Gasteiger partial charge in [-0.05, 0) is 45.7 Å². The van der Waals surface area contributed by atoms with Crippen molar-refractivity contribution >= 4 is 0 Å². The molecule has 1 aliphatic heterocycles. The van der Waals surface area contributed by atoms with Crippen LogP contribution in [0.15, 0.2) is 0 Å². The molecule has 1 saturated carbocycles. The van der Waals surface area contributed by atoms with E-state index in [9.17, 15) is 0 Å². The third-order valence-corrected chi connectivity index (χ3v) is 4.00. The van der Waals surface area contributed by atoms with E-state index in [4.69, 9.17) is 4.74 Å². The highest BCUT2D eigenvalue weighted by Crippen LogP contribution is 2.28. The van der Waals surface area contributed by atoms with Crippen LogP contribution < -0.4 is 5.32 Å². The Hall–Kier alpha value is -0.120. The number of rotatable bonds is 4. The topological polar surface area (TPSA) is 24.5 Å². The Morgan fingerprint density at radius 2 is 1.93 bits per heavy atom. The smallest absolute Gasteiger partial charge is 0.0480 e. The van der Waals surface area contributed by atoms with Gasteiger partial charge in [-0.2, -0.15) is 0 Å². The first kappa shape index (κ1) is 11.4. The van der Waals surface area contributed by atoms with Gasteiger partial charge in [-0.25, -0.2) is 0 Å². The standard InChI is InChI=1S/C12H24N2O/c1-13-11-7-10(8-11)9-14(2)12-3-5-15-6-4-12/h10-13H,3-9H2,1-2H3. The molecule has 0 unspecified atom stereocenters. The molecular weight excluding hydrogens is 188 g/mol. The van der Waals surface area contributed by atoms with Crippen molar-refractivity contribution in [3.05, 3.63) is 0 Å². The Balaban J connectivity index is 1.66. The third-order valence-electron chi connectivity index (χ3n) is 4.00. The maximum atomic E-state index is 5.39. The van der Waals surface area contributed by atoms with E-state index >= 15 is 0 Å². The monoisotopic (exact) mass is 212 g/mol. The molecule has 2 fully saturated rings. The Kier molecular flexibility index (Phi) is 4.00. The lowest BCUT2D eigenvalue weighted by molar-refractivity contribution is 0.0307. The van der Waals surface area contributed by atoms with Crippen molar-refractivity contribution in [1.29, 1.82) is 0 Å². The van der Waals surface area contributed by atoms with Crippen LogP contribution in [0.1, 0.15) is 25.7 Å². The average Bonchev–Trinajstić information content (AvgIpc) is 2.23. The summed E-state index contributed by atoms with van der Waals surface area (Å²) in [7, 11) is 4.35. The van der Waals surface area contributed by atoms with Crippen molar-refractivity contribution in [3.63, 3.8) is 0 Å². The largest absolute Gasteiger partial charge is 0.381 e. The minimum Gasteiger partial charge on any atom is -0.381 e. The molecule has 3 nitrogen and oxygen atoms in total. The van der Waals surface area contributed by atoms with Crippen LogP contribution in [0.2, 0.25) is 0 Å². The summed E-state index contributed by atoms with van der Waals surface area (Å²) in [5, 5.41) is 3.35. The summed E-state index contributed by atoms with van der Waals surface area (Å²) in [6, 6.07) is 1.56. The fourth-order valence-corrected chi connectivity index (χ4v) is 2.80. The van der Waals surface area contributed by atoms with Gasteiger partial charge in [0.1, 0.15) is 0 Å². The van der Waals surface area contributed by atoms with Gasteiger partial charge in [0.2, 0.25) is 0 Å². The Morgan fingerprint density at radius 1 is 1.27 bits per heavy atom. The molecule has 0 atom stereocenters. The molecule has 1 heterocycles. The minimum absolute atomic E-state index is 0.771. The molecule has 0 spiro atoms. The van der Waals surface area contributed by atoms with Crippen LogP contribution in [0.3, 0.4) is 0 Å². The first-order chi connectivity index (χ1) is 7.29. The molecular formula is C12H24N2O. The molecule has 0 aromatic rings. The van der Waals surface area contributed by atoms with Gasteiger partial charge in [0.25, 0.3) is 0 Å². The number of ether oxygens (including phenoxy) is 1. The van der Waals surface area contributed by atoms with Gasteiger partial charge in [-0.1, -0.05) is 0 Å². The fraction of sp³-hybridized carbons (Fsp3) is 1.00. The Bertz CT molecular complexity index is 186. The Morgan fingerprint density at radius 3 is 2.53 bits per heavy atom. The molecule has 88 valence electrons. The second-order valence-corrected chi connectivity index (χ2v) is 5.11. The molecule has 0 amide bonds. The van der Waals surface area contributed by atoms with Crippen LogP contribution in [0.4, 0.5) is 0 Å². The van der Waals surface area contributed by atoms with Crippen LogP contribution in [-0.4, -0.2) is 50.8 Å². The van der Waals surface area contributed by atoms with E-state index in [2.05, 4.69) is 24.3 Å². The quantitative estimate of drug-likeness (QED) is 0.755. The lowest BCUT2D eigenvalue weighted by Crippen LogP contribution is -2.46. The summed E-state index contributed by atoms with van der Waals surface area (Å²) in [5.74, 6) is 0.926. The molecule has 1 N–H and O–H groups in total. The molecule has 15 heavy (non-hydrogen) atoms. The zero-order valence-corrected chi connectivity index (χ0v) is 10.0. The lowest BCUT2D eigenvalue weighted by atomic mass is 9.80. The minimum atomic E-state index is 0.771. The van der Waals surface area contributed by atoms with Crippen LogP contribution >= 0.6 is 0 Å². The molecule has 2 aliphatic rings. The van der Waals surface area contributed by atoms with Gasteiger partial charge < -0.3 is 15.0 Å². The molecule has 3 heteroatoms. The van der Waals surface area contributed by atoms with Gasteiger partial charge in [-0.15, -0.1) is 0 Å². The molecule has 0 radical (unpaired) electrons. The van der Waals surface area contributed by atoms with E-state index in [1.54, 1.807) is 0 Å². The van der Waals surface area contributed by atoms with E-state index in [0.717, 1.165) is 31.2 Å². The predicted molar refractivity (Wildman–Crippen MR) is 62.0 cm³/mol.